The summed E-state index contributed by atoms with van der Waals surface area (Å²) in [5.41, 5.74) is 1.13. The molecule has 0 saturated heterocycles. The summed E-state index contributed by atoms with van der Waals surface area (Å²) in [5, 5.41) is 0. The largest absolute Gasteiger partial charge is 0.0623 e. The first-order chi connectivity index (χ1) is 9.36. The van der Waals surface area contributed by atoms with Crippen LogP contribution in [0.1, 0.15) is 112 Å². The number of rotatable bonds is 1. The predicted molar refractivity (Wildman–Crippen MR) is 92.1 cm³/mol. The van der Waals surface area contributed by atoms with Crippen LogP contribution in [-0.2, 0) is 0 Å². The van der Waals surface area contributed by atoms with Gasteiger partial charge in [-0.2, -0.15) is 0 Å². The minimum Gasteiger partial charge on any atom is -0.0623 e. The Labute approximate surface area is 129 Å². The maximum atomic E-state index is 2.56. The molecule has 1 fully saturated rings. The van der Waals surface area contributed by atoms with Crippen molar-refractivity contribution in [2.45, 2.75) is 112 Å². The van der Waals surface area contributed by atoms with Gasteiger partial charge in [-0.3, -0.25) is 0 Å². The molecule has 1 unspecified atom stereocenters. The standard InChI is InChI=1S/C20H40/c1-18(2)20(5)15-13-11-9-7-6-8-10-12-14-19(3,4)16-17-20/h18H,6-17H2,1-5H3. The van der Waals surface area contributed by atoms with Crippen LogP contribution < -0.4 is 0 Å². The van der Waals surface area contributed by atoms with Crippen molar-refractivity contribution in [3.8, 4) is 0 Å². The number of hydrogen-bond donors (Lipinski definition) is 0. The molecule has 0 aromatic carbocycles. The van der Waals surface area contributed by atoms with Crippen LogP contribution in [0.15, 0.2) is 0 Å². The van der Waals surface area contributed by atoms with Gasteiger partial charge in [-0.25, -0.2) is 0 Å². The Hall–Kier alpha value is 0. The van der Waals surface area contributed by atoms with Crippen molar-refractivity contribution in [2.24, 2.45) is 16.7 Å². The van der Waals surface area contributed by atoms with Gasteiger partial charge in [0.25, 0.3) is 0 Å². The van der Waals surface area contributed by atoms with E-state index >= 15 is 0 Å². The van der Waals surface area contributed by atoms with Crippen LogP contribution in [0, 0.1) is 16.7 Å². The van der Waals surface area contributed by atoms with Crippen LogP contribution in [-0.4, -0.2) is 0 Å². The molecule has 0 amide bonds. The second-order valence-corrected chi connectivity index (χ2v) is 8.80. The average molecular weight is 281 g/mol. The molecule has 0 aromatic heterocycles. The molecule has 120 valence electrons. The third kappa shape index (κ3) is 6.64. The molecule has 1 rings (SSSR count). The van der Waals surface area contributed by atoms with Crippen molar-refractivity contribution in [3.63, 3.8) is 0 Å². The highest BCUT2D eigenvalue weighted by molar-refractivity contribution is 4.81. The average Bonchev–Trinajstić information content (AvgIpc) is 2.38. The topological polar surface area (TPSA) is 0 Å². The predicted octanol–water partition coefficient (Wildman–Crippen LogP) is 7.37. The fourth-order valence-corrected chi connectivity index (χ4v) is 3.64. The van der Waals surface area contributed by atoms with E-state index in [1.165, 1.54) is 77.0 Å². The Morgan fingerprint density at radius 1 is 0.550 bits per heavy atom. The van der Waals surface area contributed by atoms with Crippen LogP contribution in [0.4, 0.5) is 0 Å². The second kappa shape index (κ2) is 8.44. The molecule has 1 saturated carbocycles. The lowest BCUT2D eigenvalue weighted by Crippen LogP contribution is -2.26. The summed E-state index contributed by atoms with van der Waals surface area (Å²) in [4.78, 5) is 0. The van der Waals surface area contributed by atoms with Crippen LogP contribution in [0.2, 0.25) is 0 Å². The fraction of sp³-hybridized carbons (Fsp3) is 1.00. The van der Waals surface area contributed by atoms with E-state index in [2.05, 4.69) is 34.6 Å². The SMILES string of the molecule is CC(C)C1(C)CCCCCCCCCCC(C)(C)CC1. The Morgan fingerprint density at radius 2 is 1.00 bits per heavy atom. The van der Waals surface area contributed by atoms with E-state index in [-0.39, 0.29) is 0 Å². The molecule has 1 aliphatic rings. The lowest BCUT2D eigenvalue weighted by molar-refractivity contribution is 0.137. The molecule has 0 aliphatic heterocycles. The first kappa shape index (κ1) is 18.1. The van der Waals surface area contributed by atoms with Gasteiger partial charge in [-0.15, -0.1) is 0 Å². The number of hydrogen-bond acceptors (Lipinski definition) is 0. The van der Waals surface area contributed by atoms with Crippen LogP contribution >= 0.6 is 0 Å². The van der Waals surface area contributed by atoms with Gasteiger partial charge in [-0.1, -0.05) is 86.0 Å². The summed E-state index contributed by atoms with van der Waals surface area (Å²) in [5.74, 6) is 0.825. The summed E-state index contributed by atoms with van der Waals surface area (Å²) >= 11 is 0. The van der Waals surface area contributed by atoms with Crippen LogP contribution in [0.25, 0.3) is 0 Å². The maximum absolute atomic E-state index is 2.56. The highest BCUT2D eigenvalue weighted by Crippen LogP contribution is 2.42. The van der Waals surface area contributed by atoms with Crippen molar-refractivity contribution < 1.29 is 0 Å². The third-order valence-corrected chi connectivity index (χ3v) is 6.12. The molecule has 0 heterocycles. The normalized spacial score (nSPS) is 30.9. The summed E-state index contributed by atoms with van der Waals surface area (Å²) < 4.78 is 0. The minimum atomic E-state index is 0.556. The summed E-state index contributed by atoms with van der Waals surface area (Å²) in [6.45, 7) is 12.4. The maximum Gasteiger partial charge on any atom is -0.0303 e. The molecular weight excluding hydrogens is 240 g/mol. The molecular formula is C20H40. The smallest absolute Gasteiger partial charge is 0.0303 e. The quantitative estimate of drug-likeness (QED) is 0.470. The van der Waals surface area contributed by atoms with Gasteiger partial charge in [0.1, 0.15) is 0 Å². The van der Waals surface area contributed by atoms with Gasteiger partial charge in [0, 0.05) is 0 Å². The highest BCUT2D eigenvalue weighted by atomic mass is 14.4. The Bertz CT molecular complexity index is 251. The van der Waals surface area contributed by atoms with Crippen LogP contribution in [0.5, 0.6) is 0 Å². The van der Waals surface area contributed by atoms with E-state index in [4.69, 9.17) is 0 Å². The molecule has 1 atom stereocenters. The lowest BCUT2D eigenvalue weighted by Gasteiger charge is -2.37. The van der Waals surface area contributed by atoms with E-state index < -0.39 is 0 Å². The summed E-state index contributed by atoms with van der Waals surface area (Å²) in [7, 11) is 0. The van der Waals surface area contributed by atoms with Crippen molar-refractivity contribution in [2.75, 3.05) is 0 Å². The fourth-order valence-electron chi connectivity index (χ4n) is 3.64. The lowest BCUT2D eigenvalue weighted by atomic mass is 9.68. The van der Waals surface area contributed by atoms with Crippen molar-refractivity contribution in [1.29, 1.82) is 0 Å². The second-order valence-electron chi connectivity index (χ2n) is 8.80. The molecule has 1 aliphatic carbocycles. The van der Waals surface area contributed by atoms with Gasteiger partial charge in [-0.05, 0) is 42.4 Å². The molecule has 20 heavy (non-hydrogen) atoms. The zero-order chi connectivity index (χ0) is 15.1. The molecule has 0 bridgehead atoms. The van der Waals surface area contributed by atoms with Gasteiger partial charge >= 0.3 is 0 Å². The molecule has 0 spiro atoms. The third-order valence-electron chi connectivity index (χ3n) is 6.12. The minimum absolute atomic E-state index is 0.556. The van der Waals surface area contributed by atoms with Gasteiger partial charge in [0.15, 0.2) is 0 Å². The van der Waals surface area contributed by atoms with Crippen molar-refractivity contribution in [3.05, 3.63) is 0 Å². The summed E-state index contributed by atoms with van der Waals surface area (Å²) in [6.07, 6.45) is 17.4. The Morgan fingerprint density at radius 3 is 1.50 bits per heavy atom. The van der Waals surface area contributed by atoms with Crippen LogP contribution in [0.3, 0.4) is 0 Å². The van der Waals surface area contributed by atoms with E-state index in [0.717, 1.165) is 5.92 Å². The van der Waals surface area contributed by atoms with E-state index in [1.54, 1.807) is 0 Å². The molecule has 0 N–H and O–H groups in total. The van der Waals surface area contributed by atoms with Crippen molar-refractivity contribution >= 4 is 0 Å². The first-order valence-corrected chi connectivity index (χ1v) is 9.36. The summed E-state index contributed by atoms with van der Waals surface area (Å²) in [6, 6.07) is 0. The van der Waals surface area contributed by atoms with E-state index in [0.29, 0.717) is 10.8 Å². The molecule has 0 heteroatoms. The van der Waals surface area contributed by atoms with E-state index in [1.807, 2.05) is 0 Å². The zero-order valence-corrected chi connectivity index (χ0v) is 15.1. The zero-order valence-electron chi connectivity index (χ0n) is 15.1. The van der Waals surface area contributed by atoms with Gasteiger partial charge in [0.2, 0.25) is 0 Å². The molecule has 0 nitrogen and oxygen atoms in total. The highest BCUT2D eigenvalue weighted by Gasteiger charge is 2.30. The molecule has 0 aromatic rings. The van der Waals surface area contributed by atoms with Crippen molar-refractivity contribution in [1.82, 2.24) is 0 Å². The Balaban J connectivity index is 2.60. The first-order valence-electron chi connectivity index (χ1n) is 9.36. The van der Waals surface area contributed by atoms with Gasteiger partial charge in [0.05, 0.1) is 0 Å². The van der Waals surface area contributed by atoms with E-state index in [9.17, 15) is 0 Å². The molecule has 0 radical (unpaired) electrons. The monoisotopic (exact) mass is 280 g/mol. The Kier molecular flexibility index (Phi) is 7.62. The van der Waals surface area contributed by atoms with Gasteiger partial charge < -0.3 is 0 Å².